The van der Waals surface area contributed by atoms with Gasteiger partial charge in [0.2, 0.25) is 0 Å². The van der Waals surface area contributed by atoms with Crippen molar-refractivity contribution in [2.75, 3.05) is 0 Å². The molecule has 0 fully saturated rings. The standard InChI is InChI=1S/C9H13N.C2H6/c1-7-3-8(2)5-9(4-7)6-10;1-2/h3-5H,6,10H2,1-2H3;1-2H3. The van der Waals surface area contributed by atoms with Crippen LogP contribution in [0.25, 0.3) is 0 Å². The lowest BCUT2D eigenvalue weighted by Crippen LogP contribution is -1.96. The van der Waals surface area contributed by atoms with Crippen LogP contribution in [0.1, 0.15) is 30.5 Å². The van der Waals surface area contributed by atoms with E-state index in [-0.39, 0.29) is 0 Å². The normalized spacial score (nSPS) is 8.75. The lowest BCUT2D eigenvalue weighted by atomic mass is 10.1. The van der Waals surface area contributed by atoms with Crippen LogP contribution in [0, 0.1) is 13.8 Å². The first kappa shape index (κ1) is 11.2. The Morgan fingerprint density at radius 1 is 1.00 bits per heavy atom. The van der Waals surface area contributed by atoms with Gasteiger partial charge in [0.25, 0.3) is 0 Å². The highest BCUT2D eigenvalue weighted by Gasteiger charge is 1.91. The predicted molar refractivity (Wildman–Crippen MR) is 55.2 cm³/mol. The third-order valence-electron chi connectivity index (χ3n) is 1.52. The Bertz CT molecular complexity index is 208. The molecular formula is C11H19N. The Kier molecular flexibility index (Phi) is 5.39. The first-order valence-electron chi connectivity index (χ1n) is 4.49. The van der Waals surface area contributed by atoms with E-state index in [0.29, 0.717) is 6.54 Å². The van der Waals surface area contributed by atoms with Crippen LogP contribution in [0.2, 0.25) is 0 Å². The maximum atomic E-state index is 5.49. The molecule has 0 radical (unpaired) electrons. The Labute approximate surface area is 75.6 Å². The van der Waals surface area contributed by atoms with Crippen molar-refractivity contribution < 1.29 is 0 Å². The van der Waals surface area contributed by atoms with Gasteiger partial charge in [0.05, 0.1) is 0 Å². The number of nitrogens with two attached hydrogens (primary N) is 1. The first-order valence-corrected chi connectivity index (χ1v) is 4.49. The second-order valence-electron chi connectivity index (χ2n) is 2.70. The van der Waals surface area contributed by atoms with Crippen LogP contribution in [-0.4, -0.2) is 0 Å². The van der Waals surface area contributed by atoms with Gasteiger partial charge in [-0.05, 0) is 19.4 Å². The molecule has 1 heteroatoms. The van der Waals surface area contributed by atoms with E-state index in [0.717, 1.165) is 0 Å². The zero-order chi connectivity index (χ0) is 9.56. The third-order valence-corrected chi connectivity index (χ3v) is 1.52. The molecule has 0 spiro atoms. The minimum absolute atomic E-state index is 0.641. The van der Waals surface area contributed by atoms with Gasteiger partial charge in [0.1, 0.15) is 0 Å². The lowest BCUT2D eigenvalue weighted by Gasteiger charge is -2.00. The van der Waals surface area contributed by atoms with Crippen molar-refractivity contribution in [1.29, 1.82) is 0 Å². The summed E-state index contributed by atoms with van der Waals surface area (Å²) in [7, 11) is 0. The number of aryl methyl sites for hydroxylation is 2. The average molecular weight is 165 g/mol. The molecule has 0 saturated heterocycles. The molecule has 12 heavy (non-hydrogen) atoms. The molecule has 0 unspecified atom stereocenters. The average Bonchev–Trinajstić information content (AvgIpc) is 2.06. The zero-order valence-electron chi connectivity index (χ0n) is 8.52. The largest absolute Gasteiger partial charge is 0.326 e. The van der Waals surface area contributed by atoms with E-state index in [1.165, 1.54) is 16.7 Å². The van der Waals surface area contributed by atoms with Crippen molar-refractivity contribution in [3.8, 4) is 0 Å². The SMILES string of the molecule is CC.Cc1cc(C)cc(CN)c1. The summed E-state index contributed by atoms with van der Waals surface area (Å²) in [5, 5.41) is 0. The Morgan fingerprint density at radius 3 is 1.75 bits per heavy atom. The minimum Gasteiger partial charge on any atom is -0.326 e. The van der Waals surface area contributed by atoms with Crippen LogP contribution in [0.5, 0.6) is 0 Å². The van der Waals surface area contributed by atoms with E-state index < -0.39 is 0 Å². The maximum absolute atomic E-state index is 5.49. The van der Waals surface area contributed by atoms with Gasteiger partial charge in [0.15, 0.2) is 0 Å². The molecule has 0 aliphatic heterocycles. The van der Waals surface area contributed by atoms with E-state index in [2.05, 4.69) is 32.0 Å². The highest BCUT2D eigenvalue weighted by atomic mass is 14.5. The summed E-state index contributed by atoms with van der Waals surface area (Å²) < 4.78 is 0. The number of benzene rings is 1. The molecule has 1 aromatic carbocycles. The molecule has 0 heterocycles. The van der Waals surface area contributed by atoms with Gasteiger partial charge in [-0.25, -0.2) is 0 Å². The summed E-state index contributed by atoms with van der Waals surface area (Å²) in [6, 6.07) is 6.39. The quantitative estimate of drug-likeness (QED) is 0.680. The molecular weight excluding hydrogens is 146 g/mol. The third kappa shape index (κ3) is 3.54. The first-order chi connectivity index (χ1) is 5.72. The topological polar surface area (TPSA) is 26.0 Å². The highest BCUT2D eigenvalue weighted by Crippen LogP contribution is 2.07. The van der Waals surface area contributed by atoms with Crippen LogP contribution in [0.3, 0.4) is 0 Å². The molecule has 0 aliphatic carbocycles. The summed E-state index contributed by atoms with van der Waals surface area (Å²) in [6.07, 6.45) is 0. The fourth-order valence-electron chi connectivity index (χ4n) is 1.19. The van der Waals surface area contributed by atoms with Gasteiger partial charge in [-0.3, -0.25) is 0 Å². The molecule has 0 bridgehead atoms. The van der Waals surface area contributed by atoms with Gasteiger partial charge in [-0.1, -0.05) is 43.2 Å². The van der Waals surface area contributed by atoms with E-state index in [1.807, 2.05) is 13.8 Å². The second kappa shape index (κ2) is 5.78. The molecule has 2 N–H and O–H groups in total. The van der Waals surface area contributed by atoms with Crippen molar-refractivity contribution in [1.82, 2.24) is 0 Å². The number of hydrogen-bond acceptors (Lipinski definition) is 1. The minimum atomic E-state index is 0.641. The molecule has 1 aromatic rings. The summed E-state index contributed by atoms with van der Waals surface area (Å²) in [5.74, 6) is 0. The molecule has 1 rings (SSSR count). The van der Waals surface area contributed by atoms with Crippen LogP contribution >= 0.6 is 0 Å². The van der Waals surface area contributed by atoms with Gasteiger partial charge < -0.3 is 5.73 Å². The summed E-state index contributed by atoms with van der Waals surface area (Å²) >= 11 is 0. The van der Waals surface area contributed by atoms with E-state index >= 15 is 0 Å². The van der Waals surface area contributed by atoms with Crippen LogP contribution in [-0.2, 0) is 6.54 Å². The molecule has 68 valence electrons. The molecule has 0 aromatic heterocycles. The fraction of sp³-hybridized carbons (Fsp3) is 0.455. The van der Waals surface area contributed by atoms with Gasteiger partial charge in [-0.2, -0.15) is 0 Å². The van der Waals surface area contributed by atoms with Crippen molar-refractivity contribution in [3.63, 3.8) is 0 Å². The predicted octanol–water partition coefficient (Wildman–Crippen LogP) is 2.79. The van der Waals surface area contributed by atoms with E-state index in [1.54, 1.807) is 0 Å². The smallest absolute Gasteiger partial charge is 0.0178 e. The molecule has 0 aliphatic rings. The van der Waals surface area contributed by atoms with Gasteiger partial charge in [0, 0.05) is 6.54 Å². The number of hydrogen-bond donors (Lipinski definition) is 1. The van der Waals surface area contributed by atoms with Crippen molar-refractivity contribution in [2.45, 2.75) is 34.2 Å². The molecule has 1 nitrogen and oxygen atoms in total. The van der Waals surface area contributed by atoms with Crippen molar-refractivity contribution in [2.24, 2.45) is 5.73 Å². The summed E-state index contributed by atoms with van der Waals surface area (Å²) in [6.45, 7) is 8.82. The zero-order valence-corrected chi connectivity index (χ0v) is 8.52. The molecule has 0 amide bonds. The maximum Gasteiger partial charge on any atom is 0.0178 e. The Morgan fingerprint density at radius 2 is 1.42 bits per heavy atom. The van der Waals surface area contributed by atoms with Crippen LogP contribution < -0.4 is 5.73 Å². The van der Waals surface area contributed by atoms with Crippen molar-refractivity contribution >= 4 is 0 Å². The fourth-order valence-corrected chi connectivity index (χ4v) is 1.19. The molecule has 0 saturated carbocycles. The monoisotopic (exact) mass is 165 g/mol. The second-order valence-corrected chi connectivity index (χ2v) is 2.70. The summed E-state index contributed by atoms with van der Waals surface area (Å²) in [5.41, 5.74) is 9.29. The Balaban J connectivity index is 0.000000561. The van der Waals surface area contributed by atoms with E-state index in [9.17, 15) is 0 Å². The van der Waals surface area contributed by atoms with Gasteiger partial charge >= 0.3 is 0 Å². The molecule has 0 atom stereocenters. The highest BCUT2D eigenvalue weighted by molar-refractivity contribution is 5.28. The van der Waals surface area contributed by atoms with Crippen LogP contribution in [0.4, 0.5) is 0 Å². The van der Waals surface area contributed by atoms with Crippen LogP contribution in [0.15, 0.2) is 18.2 Å². The van der Waals surface area contributed by atoms with Gasteiger partial charge in [-0.15, -0.1) is 0 Å². The number of rotatable bonds is 1. The van der Waals surface area contributed by atoms with E-state index in [4.69, 9.17) is 5.73 Å². The van der Waals surface area contributed by atoms with Crippen molar-refractivity contribution in [3.05, 3.63) is 34.9 Å². The lowest BCUT2D eigenvalue weighted by molar-refractivity contribution is 1.06. The Hall–Kier alpha value is -0.820. The summed E-state index contributed by atoms with van der Waals surface area (Å²) in [4.78, 5) is 0.